The number of aryl methyl sites for hydroxylation is 1. The van der Waals surface area contributed by atoms with Crippen LogP contribution in [0.2, 0.25) is 0 Å². The maximum absolute atomic E-state index is 12.5. The molecule has 0 aliphatic heterocycles. The fourth-order valence-electron chi connectivity index (χ4n) is 3.96. The van der Waals surface area contributed by atoms with Crippen LogP contribution in [-0.2, 0) is 0 Å². The molecule has 0 spiro atoms. The summed E-state index contributed by atoms with van der Waals surface area (Å²) in [5.41, 5.74) is 4.51. The second kappa shape index (κ2) is 9.09. The van der Waals surface area contributed by atoms with E-state index in [0.29, 0.717) is 17.5 Å². The molecular weight excluding hydrogens is 360 g/mol. The van der Waals surface area contributed by atoms with Crippen LogP contribution in [0.25, 0.3) is 0 Å². The molecule has 29 heavy (non-hydrogen) atoms. The van der Waals surface area contributed by atoms with Crippen LogP contribution in [0.5, 0.6) is 0 Å². The molecular formula is C24H32N4O. The minimum Gasteiger partial charge on any atom is -0.372 e. The molecule has 0 unspecified atom stereocenters. The highest BCUT2D eigenvalue weighted by Gasteiger charge is 2.25. The molecule has 1 fully saturated rings. The number of hydrogen-bond acceptors (Lipinski definition) is 4. The average Bonchev–Trinajstić information content (AvgIpc) is 2.73. The van der Waals surface area contributed by atoms with Crippen molar-refractivity contribution in [1.82, 2.24) is 10.3 Å². The van der Waals surface area contributed by atoms with Crippen molar-refractivity contribution in [2.24, 2.45) is 0 Å². The lowest BCUT2D eigenvalue weighted by Crippen LogP contribution is -2.43. The molecule has 1 aliphatic carbocycles. The van der Waals surface area contributed by atoms with Gasteiger partial charge in [0.15, 0.2) is 0 Å². The normalized spacial score (nSPS) is 18.9. The highest BCUT2D eigenvalue weighted by atomic mass is 16.1. The van der Waals surface area contributed by atoms with E-state index in [9.17, 15) is 4.79 Å². The van der Waals surface area contributed by atoms with Gasteiger partial charge >= 0.3 is 0 Å². The van der Waals surface area contributed by atoms with Crippen LogP contribution in [0.4, 0.5) is 5.69 Å². The maximum Gasteiger partial charge on any atom is 0.253 e. The van der Waals surface area contributed by atoms with Crippen molar-refractivity contribution in [2.45, 2.75) is 64.5 Å². The number of amides is 1. The van der Waals surface area contributed by atoms with Gasteiger partial charge in [-0.15, -0.1) is 0 Å². The Labute approximate surface area is 175 Å². The second-order valence-electron chi connectivity index (χ2n) is 8.33. The minimum absolute atomic E-state index is 0. The van der Waals surface area contributed by atoms with Gasteiger partial charge in [0.2, 0.25) is 0 Å². The number of anilines is 1. The van der Waals surface area contributed by atoms with Gasteiger partial charge in [0, 0.05) is 38.1 Å². The summed E-state index contributed by atoms with van der Waals surface area (Å²) < 4.78 is 0. The summed E-state index contributed by atoms with van der Waals surface area (Å²) >= 11 is 0. The summed E-state index contributed by atoms with van der Waals surface area (Å²) in [6, 6.07) is 12.7. The molecule has 154 valence electrons. The predicted octanol–water partition coefficient (Wildman–Crippen LogP) is 4.81. The summed E-state index contributed by atoms with van der Waals surface area (Å²) in [7, 11) is 2.12. The number of aromatic nitrogens is 1. The zero-order valence-electron chi connectivity index (χ0n) is 17.8. The van der Waals surface area contributed by atoms with E-state index in [0.717, 1.165) is 48.2 Å². The first kappa shape index (κ1) is 20.9. The molecule has 5 heteroatoms. The molecule has 1 aliphatic rings. The standard InChI is InChI=1S/C24H30N4O.H2/c1-16(2)23-12-6-19(15-26-23)24(29)27-20-7-10-21(11-8-20)28(4)22-9-5-18(14-25)17(3)13-22;/h5-6,9,12-13,15-16,20-21H,7-8,10-11H2,1-4H3,(H,27,29);1H. The third-order valence-corrected chi connectivity index (χ3v) is 5.96. The third kappa shape index (κ3) is 4.95. The Hall–Kier alpha value is -2.87. The van der Waals surface area contributed by atoms with Crippen molar-refractivity contribution >= 4 is 11.6 Å². The van der Waals surface area contributed by atoms with Gasteiger partial charge in [-0.05, 0) is 74.4 Å². The van der Waals surface area contributed by atoms with Gasteiger partial charge in [-0.3, -0.25) is 9.78 Å². The fraction of sp³-hybridized carbons (Fsp3) is 0.458. The number of carbonyl (C=O) groups excluding carboxylic acids is 1. The number of benzene rings is 1. The van der Waals surface area contributed by atoms with Gasteiger partial charge in [0.1, 0.15) is 0 Å². The van der Waals surface area contributed by atoms with Crippen LogP contribution in [0.15, 0.2) is 36.5 Å². The van der Waals surface area contributed by atoms with E-state index in [1.54, 1.807) is 6.20 Å². The summed E-state index contributed by atoms with van der Waals surface area (Å²) in [5, 5.41) is 12.3. The number of nitrogens with one attached hydrogen (secondary N) is 1. The Balaban J connectivity index is 0.00000320. The van der Waals surface area contributed by atoms with Crippen LogP contribution in [0.3, 0.4) is 0 Å². The second-order valence-corrected chi connectivity index (χ2v) is 8.33. The third-order valence-electron chi connectivity index (χ3n) is 5.96. The molecule has 0 atom stereocenters. The summed E-state index contributed by atoms with van der Waals surface area (Å²) in [6.45, 7) is 6.17. The number of nitriles is 1. The van der Waals surface area contributed by atoms with Crippen molar-refractivity contribution < 1.29 is 6.22 Å². The highest BCUT2D eigenvalue weighted by molar-refractivity contribution is 5.94. The van der Waals surface area contributed by atoms with Crippen LogP contribution in [0, 0.1) is 18.3 Å². The Morgan fingerprint density at radius 1 is 1.24 bits per heavy atom. The summed E-state index contributed by atoms with van der Waals surface area (Å²) in [6.07, 6.45) is 5.68. The molecule has 1 amide bonds. The molecule has 0 saturated heterocycles. The highest BCUT2D eigenvalue weighted by Crippen LogP contribution is 2.28. The predicted molar refractivity (Wildman–Crippen MR) is 118 cm³/mol. The smallest absolute Gasteiger partial charge is 0.253 e. The van der Waals surface area contributed by atoms with Crippen molar-refractivity contribution in [3.63, 3.8) is 0 Å². The van der Waals surface area contributed by atoms with E-state index in [-0.39, 0.29) is 13.4 Å². The summed E-state index contributed by atoms with van der Waals surface area (Å²) in [4.78, 5) is 19.2. The van der Waals surface area contributed by atoms with E-state index in [1.807, 2.05) is 31.2 Å². The Morgan fingerprint density at radius 3 is 2.52 bits per heavy atom. The lowest BCUT2D eigenvalue weighted by molar-refractivity contribution is 0.0925. The zero-order valence-corrected chi connectivity index (χ0v) is 17.8. The van der Waals surface area contributed by atoms with Crippen LogP contribution >= 0.6 is 0 Å². The molecule has 2 aromatic rings. The molecule has 3 rings (SSSR count). The monoisotopic (exact) mass is 392 g/mol. The first-order valence-corrected chi connectivity index (χ1v) is 10.4. The first-order valence-electron chi connectivity index (χ1n) is 10.4. The number of nitrogens with zero attached hydrogens (tertiary/aromatic N) is 3. The quantitative estimate of drug-likeness (QED) is 0.793. The van der Waals surface area contributed by atoms with Crippen molar-refractivity contribution in [2.75, 3.05) is 11.9 Å². The van der Waals surface area contributed by atoms with E-state index in [4.69, 9.17) is 5.26 Å². The molecule has 0 bridgehead atoms. The van der Waals surface area contributed by atoms with Crippen molar-refractivity contribution in [3.8, 4) is 6.07 Å². The van der Waals surface area contributed by atoms with E-state index in [1.165, 1.54) is 0 Å². The van der Waals surface area contributed by atoms with Gasteiger partial charge in [-0.1, -0.05) is 13.8 Å². The van der Waals surface area contributed by atoms with E-state index < -0.39 is 0 Å². The van der Waals surface area contributed by atoms with Gasteiger partial charge in [-0.2, -0.15) is 5.26 Å². The van der Waals surface area contributed by atoms with Crippen molar-refractivity contribution in [3.05, 3.63) is 58.9 Å². The van der Waals surface area contributed by atoms with Gasteiger partial charge in [-0.25, -0.2) is 0 Å². The number of carbonyl (C=O) groups is 1. The number of rotatable bonds is 5. The number of hydrogen-bond donors (Lipinski definition) is 1. The fourth-order valence-corrected chi connectivity index (χ4v) is 3.96. The van der Waals surface area contributed by atoms with Crippen LogP contribution in [0.1, 0.15) is 74.1 Å². The Kier molecular flexibility index (Phi) is 6.53. The van der Waals surface area contributed by atoms with E-state index in [2.05, 4.69) is 48.2 Å². The SMILES string of the molecule is Cc1cc(N(C)C2CCC(NC(=O)c3ccc(C(C)C)nc3)CC2)ccc1C#N.[HH]. The lowest BCUT2D eigenvalue weighted by atomic mass is 9.89. The Bertz CT molecular complexity index is 896. The molecule has 5 nitrogen and oxygen atoms in total. The molecule has 1 heterocycles. The Morgan fingerprint density at radius 2 is 1.97 bits per heavy atom. The lowest BCUT2D eigenvalue weighted by Gasteiger charge is -2.36. The zero-order chi connectivity index (χ0) is 21.0. The maximum atomic E-state index is 12.5. The minimum atomic E-state index is -0.0349. The largest absolute Gasteiger partial charge is 0.372 e. The first-order chi connectivity index (χ1) is 13.9. The summed E-state index contributed by atoms with van der Waals surface area (Å²) in [5.74, 6) is 0.326. The molecule has 1 aromatic heterocycles. The molecule has 1 saturated carbocycles. The molecule has 0 radical (unpaired) electrons. The van der Waals surface area contributed by atoms with Gasteiger partial charge in [0.25, 0.3) is 5.91 Å². The topological polar surface area (TPSA) is 69.0 Å². The molecule has 1 N–H and O–H groups in total. The van der Waals surface area contributed by atoms with Crippen LogP contribution in [-0.4, -0.2) is 30.0 Å². The van der Waals surface area contributed by atoms with Crippen molar-refractivity contribution in [1.29, 1.82) is 5.26 Å². The van der Waals surface area contributed by atoms with E-state index >= 15 is 0 Å². The average molecular weight is 393 g/mol. The number of pyridine rings is 1. The van der Waals surface area contributed by atoms with Gasteiger partial charge < -0.3 is 10.2 Å². The van der Waals surface area contributed by atoms with Crippen LogP contribution < -0.4 is 10.2 Å². The molecule has 1 aromatic carbocycles. The van der Waals surface area contributed by atoms with Gasteiger partial charge in [0.05, 0.1) is 17.2 Å².